The number of hydrogen-bond acceptors (Lipinski definition) is 3. The van der Waals surface area contributed by atoms with Gasteiger partial charge in [-0.15, -0.1) is 0 Å². The molecule has 0 aliphatic carbocycles. The Morgan fingerprint density at radius 1 is 1.12 bits per heavy atom. The Morgan fingerprint density at radius 2 is 1.62 bits per heavy atom. The van der Waals surface area contributed by atoms with Gasteiger partial charge in [0.25, 0.3) is 0 Å². The van der Waals surface area contributed by atoms with Crippen molar-refractivity contribution in [3.63, 3.8) is 0 Å². The number of nitriles is 2. The summed E-state index contributed by atoms with van der Waals surface area (Å²) < 4.78 is 2.64. The molecule has 0 spiro atoms. The first-order valence-electron chi connectivity index (χ1n) is 4.00. The van der Waals surface area contributed by atoms with Crippen molar-refractivity contribution in [1.82, 2.24) is 0 Å². The molecule has 1 N–H and O–H groups in total. The fraction of sp³-hybridized carbons (Fsp3) is 0. The van der Waals surface area contributed by atoms with E-state index in [9.17, 15) is 0 Å². The number of nitrogens with one attached hydrogen (secondary N) is 1. The summed E-state index contributed by atoms with van der Waals surface area (Å²) in [5.74, 6) is 0. The van der Waals surface area contributed by atoms with Crippen LogP contribution in [0.4, 0.5) is 5.69 Å². The first-order valence-corrected chi connectivity index (χ1v) is 6.38. The van der Waals surface area contributed by atoms with Crippen LogP contribution < -0.4 is 5.32 Å². The number of halogens is 3. The van der Waals surface area contributed by atoms with Crippen LogP contribution >= 0.6 is 47.8 Å². The zero-order valence-corrected chi connectivity index (χ0v) is 12.5. The lowest BCUT2D eigenvalue weighted by atomic mass is 10.3. The zero-order chi connectivity index (χ0) is 12.1. The van der Waals surface area contributed by atoms with Crippen LogP contribution in [0.25, 0.3) is 0 Å². The third kappa shape index (κ3) is 3.34. The minimum Gasteiger partial charge on any atom is -0.360 e. The lowest BCUT2D eigenvalue weighted by Gasteiger charge is -2.05. The largest absolute Gasteiger partial charge is 0.360 e. The Balaban J connectivity index is 2.98. The molecule has 0 radical (unpaired) electrons. The minimum atomic E-state index is 0.0233. The van der Waals surface area contributed by atoms with Gasteiger partial charge in [0.1, 0.15) is 17.7 Å². The van der Waals surface area contributed by atoms with Crippen molar-refractivity contribution in [2.45, 2.75) is 0 Å². The molecule has 0 saturated carbocycles. The van der Waals surface area contributed by atoms with Crippen LogP contribution in [0.15, 0.2) is 37.3 Å². The third-order valence-corrected chi connectivity index (χ3v) is 4.78. The highest BCUT2D eigenvalue weighted by Gasteiger charge is 2.03. The van der Waals surface area contributed by atoms with Gasteiger partial charge in [-0.2, -0.15) is 10.5 Å². The van der Waals surface area contributed by atoms with E-state index in [0.717, 1.165) is 19.1 Å². The van der Waals surface area contributed by atoms with Gasteiger partial charge in [0.2, 0.25) is 0 Å². The van der Waals surface area contributed by atoms with Crippen molar-refractivity contribution >= 4 is 53.5 Å². The highest BCUT2D eigenvalue weighted by Crippen LogP contribution is 2.34. The topological polar surface area (TPSA) is 59.6 Å². The first kappa shape index (κ1) is 13.2. The zero-order valence-electron chi connectivity index (χ0n) is 7.76. The van der Waals surface area contributed by atoms with Gasteiger partial charge in [0.15, 0.2) is 0 Å². The number of rotatable bonds is 2. The highest BCUT2D eigenvalue weighted by molar-refractivity contribution is 9.14. The molecule has 0 aliphatic rings. The van der Waals surface area contributed by atoms with Crippen LogP contribution in [0, 0.1) is 22.7 Å². The molecule has 0 aromatic heterocycles. The predicted molar refractivity (Wildman–Crippen MR) is 72.5 cm³/mol. The maximum absolute atomic E-state index is 8.55. The Kier molecular flexibility index (Phi) is 5.01. The highest BCUT2D eigenvalue weighted by atomic mass is 79.9. The smallest absolute Gasteiger partial charge is 0.145 e. The van der Waals surface area contributed by atoms with Gasteiger partial charge in [-0.3, -0.25) is 0 Å². The molecule has 0 bridgehead atoms. The summed E-state index contributed by atoms with van der Waals surface area (Å²) in [6, 6.07) is 7.20. The SMILES string of the molecule is N#CC(C#N)=CNc1cc(Br)c(Br)c(Br)c1. The quantitative estimate of drug-likeness (QED) is 0.589. The van der Waals surface area contributed by atoms with Crippen LogP contribution in [-0.2, 0) is 0 Å². The summed E-state index contributed by atoms with van der Waals surface area (Å²) in [5, 5.41) is 20.0. The average Bonchev–Trinajstić information content (AvgIpc) is 2.27. The lowest BCUT2D eigenvalue weighted by Crippen LogP contribution is -1.90. The second kappa shape index (κ2) is 6.05. The summed E-state index contributed by atoms with van der Waals surface area (Å²) in [7, 11) is 0. The van der Waals surface area contributed by atoms with E-state index in [-0.39, 0.29) is 5.57 Å². The van der Waals surface area contributed by atoms with Crippen molar-refractivity contribution in [2.24, 2.45) is 0 Å². The molecular formula is C10H4Br3N3. The second-order valence-corrected chi connectivity index (χ2v) is 5.18. The molecule has 0 fully saturated rings. The molecular weight excluding hydrogens is 402 g/mol. The molecule has 0 amide bonds. The van der Waals surface area contributed by atoms with Crippen molar-refractivity contribution in [1.29, 1.82) is 10.5 Å². The Morgan fingerprint density at radius 3 is 2.06 bits per heavy atom. The standard InChI is InChI=1S/C10H4Br3N3/c11-8-1-7(2-9(12)10(8)13)16-5-6(3-14)4-15/h1-2,5,16H. The molecule has 3 nitrogen and oxygen atoms in total. The molecule has 6 heteroatoms. The molecule has 0 saturated heterocycles. The van der Waals surface area contributed by atoms with Crippen LogP contribution in [0.2, 0.25) is 0 Å². The molecule has 0 atom stereocenters. The van der Waals surface area contributed by atoms with Crippen molar-refractivity contribution in [2.75, 3.05) is 5.32 Å². The van der Waals surface area contributed by atoms with Crippen LogP contribution in [0.3, 0.4) is 0 Å². The van der Waals surface area contributed by atoms with E-state index in [1.165, 1.54) is 6.20 Å². The van der Waals surface area contributed by atoms with E-state index >= 15 is 0 Å². The van der Waals surface area contributed by atoms with E-state index in [4.69, 9.17) is 10.5 Å². The van der Waals surface area contributed by atoms with Gasteiger partial charge in [0.05, 0.1) is 0 Å². The van der Waals surface area contributed by atoms with Gasteiger partial charge in [-0.25, -0.2) is 0 Å². The van der Waals surface area contributed by atoms with Crippen LogP contribution in [0.5, 0.6) is 0 Å². The molecule has 16 heavy (non-hydrogen) atoms. The van der Waals surface area contributed by atoms with E-state index in [1.54, 1.807) is 12.1 Å². The van der Waals surface area contributed by atoms with Crippen molar-refractivity contribution < 1.29 is 0 Å². The van der Waals surface area contributed by atoms with Gasteiger partial charge in [0, 0.05) is 25.3 Å². The van der Waals surface area contributed by atoms with E-state index in [2.05, 4.69) is 53.1 Å². The average molecular weight is 406 g/mol. The van der Waals surface area contributed by atoms with Gasteiger partial charge >= 0.3 is 0 Å². The molecule has 1 aromatic rings. The van der Waals surface area contributed by atoms with Crippen molar-refractivity contribution in [3.05, 3.63) is 37.3 Å². The molecule has 1 rings (SSSR count). The number of hydrogen-bond donors (Lipinski definition) is 1. The second-order valence-electron chi connectivity index (χ2n) is 2.68. The predicted octanol–water partition coefficient (Wildman–Crippen LogP) is 4.32. The first-order chi connectivity index (χ1) is 7.58. The van der Waals surface area contributed by atoms with Gasteiger partial charge < -0.3 is 5.32 Å². The maximum atomic E-state index is 8.55. The molecule has 0 unspecified atom stereocenters. The lowest BCUT2D eigenvalue weighted by molar-refractivity contribution is 1.43. The van der Waals surface area contributed by atoms with Crippen molar-refractivity contribution in [3.8, 4) is 12.1 Å². The number of allylic oxidation sites excluding steroid dienone is 1. The van der Waals surface area contributed by atoms with E-state index in [1.807, 2.05) is 12.1 Å². The van der Waals surface area contributed by atoms with Crippen LogP contribution in [0.1, 0.15) is 0 Å². The summed E-state index contributed by atoms with van der Waals surface area (Å²) in [5.41, 5.74) is 0.792. The Labute approximate surface area is 118 Å². The summed E-state index contributed by atoms with van der Waals surface area (Å²) >= 11 is 10.1. The van der Waals surface area contributed by atoms with E-state index in [0.29, 0.717) is 0 Å². The normalized spacial score (nSPS) is 8.81. The maximum Gasteiger partial charge on any atom is 0.145 e. The monoisotopic (exact) mass is 403 g/mol. The molecule has 80 valence electrons. The van der Waals surface area contributed by atoms with Crippen LogP contribution in [-0.4, -0.2) is 0 Å². The fourth-order valence-electron chi connectivity index (χ4n) is 0.884. The summed E-state index contributed by atoms with van der Waals surface area (Å²) in [4.78, 5) is 0. The number of benzene rings is 1. The van der Waals surface area contributed by atoms with E-state index < -0.39 is 0 Å². The minimum absolute atomic E-state index is 0.0233. The number of anilines is 1. The van der Waals surface area contributed by atoms with Gasteiger partial charge in [-0.05, 0) is 59.9 Å². The Hall–Kier alpha value is -0.820. The molecule has 0 aliphatic heterocycles. The summed E-state index contributed by atoms with van der Waals surface area (Å²) in [6.07, 6.45) is 1.36. The Bertz CT molecular complexity index is 484. The number of nitrogens with zero attached hydrogens (tertiary/aromatic N) is 2. The molecule has 0 heterocycles. The third-order valence-electron chi connectivity index (χ3n) is 1.61. The molecule has 1 aromatic carbocycles. The van der Waals surface area contributed by atoms with Gasteiger partial charge in [-0.1, -0.05) is 0 Å². The summed E-state index contributed by atoms with van der Waals surface area (Å²) in [6.45, 7) is 0. The fourth-order valence-corrected chi connectivity index (χ4v) is 2.30.